The van der Waals surface area contributed by atoms with Gasteiger partial charge in [-0.2, -0.15) is 15.2 Å². The van der Waals surface area contributed by atoms with Gasteiger partial charge in [0.15, 0.2) is 5.69 Å². The van der Waals surface area contributed by atoms with Crippen molar-refractivity contribution in [2.24, 2.45) is 0 Å². The van der Waals surface area contributed by atoms with Crippen molar-refractivity contribution in [3.63, 3.8) is 0 Å². The molecule has 2 N–H and O–H groups in total. The first-order valence-corrected chi connectivity index (χ1v) is 9.86. The van der Waals surface area contributed by atoms with Crippen LogP contribution in [0.5, 0.6) is 0 Å². The van der Waals surface area contributed by atoms with Crippen molar-refractivity contribution in [2.45, 2.75) is 32.7 Å². The maximum absolute atomic E-state index is 5.48. The molecule has 3 aromatic heterocycles. The van der Waals surface area contributed by atoms with Gasteiger partial charge in [0, 0.05) is 29.4 Å². The molecule has 29 heavy (non-hydrogen) atoms. The Labute approximate surface area is 168 Å². The van der Waals surface area contributed by atoms with Crippen molar-refractivity contribution in [1.29, 1.82) is 0 Å². The Bertz CT molecular complexity index is 1130. The van der Waals surface area contributed by atoms with Crippen LogP contribution in [0.1, 0.15) is 35.0 Å². The average Bonchev–Trinajstić information content (AvgIpc) is 3.50. The average molecular weight is 389 g/mol. The van der Waals surface area contributed by atoms with Crippen LogP contribution in [0.3, 0.4) is 0 Å². The first kappa shape index (κ1) is 17.8. The van der Waals surface area contributed by atoms with Crippen molar-refractivity contribution in [1.82, 2.24) is 35.4 Å². The summed E-state index contributed by atoms with van der Waals surface area (Å²) in [7, 11) is 0. The van der Waals surface area contributed by atoms with Crippen LogP contribution in [0.4, 0.5) is 0 Å². The molecule has 148 valence electrons. The van der Waals surface area contributed by atoms with E-state index in [1.165, 1.54) is 0 Å². The zero-order chi connectivity index (χ0) is 19.8. The highest BCUT2D eigenvalue weighted by Crippen LogP contribution is 2.26. The van der Waals surface area contributed by atoms with Crippen LogP contribution >= 0.6 is 0 Å². The Morgan fingerprint density at radius 1 is 1.21 bits per heavy atom. The number of nitrogens with one attached hydrogen (secondary N) is 2. The number of nitrogens with zero attached hydrogens (tertiary/aromatic N) is 5. The summed E-state index contributed by atoms with van der Waals surface area (Å²) in [5.74, 6) is 1.45. The normalized spacial score (nSPS) is 16.6. The summed E-state index contributed by atoms with van der Waals surface area (Å²) in [6.45, 7) is 6.78. The highest BCUT2D eigenvalue weighted by molar-refractivity contribution is 5.59. The number of rotatable bonds is 5. The molecule has 1 unspecified atom stereocenters. The Hall–Kier alpha value is -3.26. The summed E-state index contributed by atoms with van der Waals surface area (Å²) in [4.78, 5) is 4.56. The molecule has 1 aliphatic rings. The van der Waals surface area contributed by atoms with Gasteiger partial charge in [-0.3, -0.25) is 9.78 Å². The number of hydrogen-bond acceptors (Lipinski definition) is 6. The fourth-order valence-electron chi connectivity index (χ4n) is 3.84. The first-order valence-electron chi connectivity index (χ1n) is 9.86. The van der Waals surface area contributed by atoms with Crippen LogP contribution in [-0.2, 0) is 6.54 Å². The van der Waals surface area contributed by atoms with E-state index >= 15 is 0 Å². The summed E-state index contributed by atoms with van der Waals surface area (Å²) in [6, 6.07) is 12.2. The Kier molecular flexibility index (Phi) is 4.48. The van der Waals surface area contributed by atoms with Crippen LogP contribution in [0, 0.1) is 13.8 Å². The predicted molar refractivity (Wildman–Crippen MR) is 108 cm³/mol. The Morgan fingerprint density at radius 3 is 2.93 bits per heavy atom. The van der Waals surface area contributed by atoms with E-state index in [9.17, 15) is 0 Å². The lowest BCUT2D eigenvalue weighted by atomic mass is 10.1. The Morgan fingerprint density at radius 2 is 2.14 bits per heavy atom. The highest BCUT2D eigenvalue weighted by Gasteiger charge is 2.21. The molecule has 1 saturated heterocycles. The van der Waals surface area contributed by atoms with Crippen LogP contribution in [0.25, 0.3) is 23.0 Å². The molecule has 0 spiro atoms. The standard InChI is InChI=1S/C21H23N7O/c1-13-8-14(2)28(26-13)12-15-4-3-5-16(9-15)20-23-21(29-27-20)19-10-18(24-25-19)17-6-7-22-11-17/h3-5,8-10,17,22H,6-7,11-12H2,1-2H3,(H,24,25). The quantitative estimate of drug-likeness (QED) is 0.544. The molecule has 1 atom stereocenters. The van der Waals surface area contributed by atoms with Gasteiger partial charge < -0.3 is 9.84 Å². The predicted octanol–water partition coefficient (Wildman–Crippen LogP) is 3.07. The number of benzene rings is 1. The van der Waals surface area contributed by atoms with E-state index in [4.69, 9.17) is 4.52 Å². The summed E-state index contributed by atoms with van der Waals surface area (Å²) >= 11 is 0. The molecular formula is C21H23N7O. The van der Waals surface area contributed by atoms with E-state index in [1.54, 1.807) is 0 Å². The summed E-state index contributed by atoms with van der Waals surface area (Å²) in [6.07, 6.45) is 1.11. The molecule has 1 aliphatic heterocycles. The van der Waals surface area contributed by atoms with E-state index in [-0.39, 0.29) is 0 Å². The third-order valence-corrected chi connectivity index (χ3v) is 5.36. The fourth-order valence-corrected chi connectivity index (χ4v) is 3.84. The van der Waals surface area contributed by atoms with Crippen molar-refractivity contribution in [3.8, 4) is 23.0 Å². The second kappa shape index (κ2) is 7.29. The molecule has 4 heterocycles. The molecule has 1 fully saturated rings. The van der Waals surface area contributed by atoms with Gasteiger partial charge >= 0.3 is 0 Å². The van der Waals surface area contributed by atoms with E-state index in [0.717, 1.165) is 47.7 Å². The minimum absolute atomic E-state index is 0.428. The van der Waals surface area contributed by atoms with Crippen LogP contribution < -0.4 is 5.32 Å². The smallest absolute Gasteiger partial charge is 0.278 e. The van der Waals surface area contributed by atoms with Crippen molar-refractivity contribution in [2.75, 3.05) is 13.1 Å². The SMILES string of the molecule is Cc1cc(C)n(Cc2cccc(-c3noc(-c4cc(C5CCNC5)[nH]n4)n3)c2)n1. The van der Waals surface area contributed by atoms with Crippen molar-refractivity contribution >= 4 is 0 Å². The maximum Gasteiger partial charge on any atom is 0.278 e. The van der Waals surface area contributed by atoms with Gasteiger partial charge in [-0.1, -0.05) is 23.4 Å². The monoisotopic (exact) mass is 389 g/mol. The largest absolute Gasteiger partial charge is 0.332 e. The van der Waals surface area contributed by atoms with Crippen molar-refractivity contribution in [3.05, 3.63) is 59.0 Å². The van der Waals surface area contributed by atoms with E-state index in [1.807, 2.05) is 29.8 Å². The molecule has 5 rings (SSSR count). The zero-order valence-electron chi connectivity index (χ0n) is 16.5. The van der Waals surface area contributed by atoms with Gasteiger partial charge in [-0.15, -0.1) is 0 Å². The summed E-state index contributed by atoms with van der Waals surface area (Å²) in [5, 5.41) is 19.5. The third-order valence-electron chi connectivity index (χ3n) is 5.36. The fraction of sp³-hybridized carbons (Fsp3) is 0.333. The molecule has 8 nitrogen and oxygen atoms in total. The second-order valence-electron chi connectivity index (χ2n) is 7.61. The third kappa shape index (κ3) is 3.58. The number of hydrogen-bond donors (Lipinski definition) is 2. The lowest BCUT2D eigenvalue weighted by Crippen LogP contribution is -2.08. The lowest BCUT2D eigenvalue weighted by molar-refractivity contribution is 0.431. The topological polar surface area (TPSA) is 97.5 Å². The van der Waals surface area contributed by atoms with Crippen LogP contribution in [0.15, 0.2) is 40.9 Å². The molecule has 0 radical (unpaired) electrons. The summed E-state index contributed by atoms with van der Waals surface area (Å²) < 4.78 is 7.48. The first-order chi connectivity index (χ1) is 14.2. The van der Waals surface area contributed by atoms with Gasteiger partial charge in [-0.05, 0) is 50.6 Å². The molecule has 0 saturated carbocycles. The maximum atomic E-state index is 5.48. The van der Waals surface area contributed by atoms with Crippen LogP contribution in [0.2, 0.25) is 0 Å². The summed E-state index contributed by atoms with van der Waals surface area (Å²) in [5.41, 5.74) is 6.00. The van der Waals surface area contributed by atoms with E-state index in [0.29, 0.717) is 29.9 Å². The van der Waals surface area contributed by atoms with Gasteiger partial charge in [0.05, 0.1) is 12.2 Å². The molecule has 4 aromatic rings. The highest BCUT2D eigenvalue weighted by atomic mass is 16.5. The molecule has 1 aromatic carbocycles. The molecule has 0 aliphatic carbocycles. The van der Waals surface area contributed by atoms with Crippen molar-refractivity contribution < 1.29 is 4.52 Å². The second-order valence-corrected chi connectivity index (χ2v) is 7.61. The van der Waals surface area contributed by atoms with E-state index < -0.39 is 0 Å². The molecular weight excluding hydrogens is 366 g/mol. The molecule has 0 amide bonds. The number of aromatic nitrogens is 6. The zero-order valence-corrected chi connectivity index (χ0v) is 16.5. The molecule has 8 heteroatoms. The van der Waals surface area contributed by atoms with Gasteiger partial charge in [0.25, 0.3) is 5.89 Å². The van der Waals surface area contributed by atoms with Gasteiger partial charge in [0.1, 0.15) is 0 Å². The van der Waals surface area contributed by atoms with Crippen LogP contribution in [-0.4, -0.2) is 43.2 Å². The lowest BCUT2D eigenvalue weighted by Gasteiger charge is -2.05. The minimum atomic E-state index is 0.428. The van der Waals surface area contributed by atoms with Gasteiger partial charge in [0.2, 0.25) is 5.82 Å². The Balaban J connectivity index is 1.37. The number of aryl methyl sites for hydroxylation is 2. The number of H-pyrrole nitrogens is 1. The van der Waals surface area contributed by atoms with E-state index in [2.05, 4.69) is 55.9 Å². The van der Waals surface area contributed by atoms with Gasteiger partial charge in [-0.25, -0.2) is 0 Å². The number of aromatic amines is 1. The minimum Gasteiger partial charge on any atom is -0.332 e. The molecule has 0 bridgehead atoms.